The van der Waals surface area contributed by atoms with Crippen molar-refractivity contribution in [2.45, 2.75) is 0 Å². The molecule has 2 heterocycles. The van der Waals surface area contributed by atoms with E-state index in [2.05, 4.69) is 16.0 Å². The second-order valence-electron chi connectivity index (χ2n) is 4.00. The Kier molecular flexibility index (Phi) is 7.42. The first-order chi connectivity index (χ1) is 10.3. The Morgan fingerprint density at radius 2 is 1.27 bits per heavy atom. The average molecular weight is 332 g/mol. The van der Waals surface area contributed by atoms with E-state index >= 15 is 0 Å². The summed E-state index contributed by atoms with van der Waals surface area (Å²) in [4.78, 5) is 16.9. The number of hydrogen-bond donors (Lipinski definition) is 0. The summed E-state index contributed by atoms with van der Waals surface area (Å²) in [5.41, 5.74) is 3.82. The SMILES string of the molecule is [N-]=C=O.[Ni+2].[c-]1c(-c2ccccn2)cccc1-c1ccccn1. The van der Waals surface area contributed by atoms with Crippen LogP contribution in [0.1, 0.15) is 0 Å². The Hall–Kier alpha value is -2.61. The largest absolute Gasteiger partial charge is 2.00 e. The summed E-state index contributed by atoms with van der Waals surface area (Å²) >= 11 is 0. The van der Waals surface area contributed by atoms with Gasteiger partial charge in [-0.05, 0) is 18.2 Å². The number of carbonyl (C=O) groups excluding carboxylic acids is 1. The summed E-state index contributed by atoms with van der Waals surface area (Å²) in [5.74, 6) is 0. The molecule has 4 nitrogen and oxygen atoms in total. The molecule has 0 bridgehead atoms. The van der Waals surface area contributed by atoms with Gasteiger partial charge in [0.1, 0.15) is 0 Å². The molecule has 0 N–H and O–H groups in total. The van der Waals surface area contributed by atoms with Crippen LogP contribution in [0.5, 0.6) is 0 Å². The Balaban J connectivity index is 0.000000562. The molecular formula is C17H11N3NiO. The van der Waals surface area contributed by atoms with Crippen LogP contribution in [0, 0.1) is 6.07 Å². The van der Waals surface area contributed by atoms with E-state index in [4.69, 9.17) is 10.2 Å². The second kappa shape index (κ2) is 9.35. The Bertz CT molecular complexity index is 672. The predicted molar refractivity (Wildman–Crippen MR) is 80.8 cm³/mol. The van der Waals surface area contributed by atoms with E-state index in [9.17, 15) is 0 Å². The molecule has 0 atom stereocenters. The summed E-state index contributed by atoms with van der Waals surface area (Å²) in [6.45, 7) is 0. The van der Waals surface area contributed by atoms with E-state index in [-0.39, 0.29) is 16.5 Å². The molecule has 0 aliphatic carbocycles. The van der Waals surface area contributed by atoms with Crippen molar-refractivity contribution in [1.29, 1.82) is 0 Å². The maximum atomic E-state index is 8.24. The molecule has 5 heteroatoms. The van der Waals surface area contributed by atoms with Crippen molar-refractivity contribution in [2.75, 3.05) is 0 Å². The molecule has 0 fully saturated rings. The fraction of sp³-hybridized carbons (Fsp3) is 0. The third kappa shape index (κ3) is 4.74. The summed E-state index contributed by atoms with van der Waals surface area (Å²) in [5, 5.41) is 6.76. The number of nitrogens with zero attached hydrogens (tertiary/aromatic N) is 3. The van der Waals surface area contributed by atoms with Crippen LogP contribution in [-0.2, 0) is 21.3 Å². The van der Waals surface area contributed by atoms with E-state index < -0.39 is 0 Å². The van der Waals surface area contributed by atoms with Crippen LogP contribution in [0.15, 0.2) is 67.0 Å². The Morgan fingerprint density at radius 3 is 1.64 bits per heavy atom. The van der Waals surface area contributed by atoms with Gasteiger partial charge in [-0.15, -0.1) is 24.3 Å². The standard InChI is InChI=1S/C16H11N2.CNO.Ni/c1-3-10-17-15(8-1)13-6-5-7-14(12-13)16-9-2-4-11-18-16;2-1-3;/h1-11H;;/q2*-1;+2. The summed E-state index contributed by atoms with van der Waals surface area (Å²) < 4.78 is 0. The van der Waals surface area contributed by atoms with Crippen LogP contribution in [0.2, 0.25) is 0 Å². The van der Waals surface area contributed by atoms with Crippen molar-refractivity contribution >= 4 is 6.08 Å². The summed E-state index contributed by atoms with van der Waals surface area (Å²) in [6.07, 6.45) is 4.08. The van der Waals surface area contributed by atoms with Gasteiger partial charge in [0, 0.05) is 23.8 Å². The van der Waals surface area contributed by atoms with Gasteiger partial charge >= 0.3 is 16.5 Å². The van der Waals surface area contributed by atoms with Gasteiger partial charge in [-0.2, -0.15) is 0 Å². The third-order valence-corrected chi connectivity index (χ3v) is 2.68. The maximum Gasteiger partial charge on any atom is 2.00 e. The first kappa shape index (κ1) is 17.4. The number of rotatable bonds is 2. The van der Waals surface area contributed by atoms with Crippen LogP contribution in [-0.4, -0.2) is 16.0 Å². The molecule has 110 valence electrons. The minimum Gasteiger partial charge on any atom is -0.724 e. The smallest absolute Gasteiger partial charge is 0.724 e. The van der Waals surface area contributed by atoms with E-state index in [0.29, 0.717) is 6.08 Å². The zero-order chi connectivity index (χ0) is 14.9. The van der Waals surface area contributed by atoms with Gasteiger partial charge in [0.05, 0.1) is 0 Å². The van der Waals surface area contributed by atoms with Gasteiger partial charge in [0.15, 0.2) is 0 Å². The van der Waals surface area contributed by atoms with Crippen molar-refractivity contribution < 1.29 is 21.3 Å². The molecule has 0 unspecified atom stereocenters. The molecule has 0 spiro atoms. The summed E-state index contributed by atoms with van der Waals surface area (Å²) in [6, 6.07) is 21.1. The van der Waals surface area contributed by atoms with E-state index in [1.807, 2.05) is 54.6 Å². The number of benzene rings is 1. The molecule has 0 amide bonds. The first-order valence-corrected chi connectivity index (χ1v) is 6.21. The summed E-state index contributed by atoms with van der Waals surface area (Å²) in [7, 11) is 0. The van der Waals surface area contributed by atoms with E-state index in [1.165, 1.54) is 0 Å². The van der Waals surface area contributed by atoms with Crippen LogP contribution in [0.25, 0.3) is 27.9 Å². The normalized spacial score (nSPS) is 8.73. The quantitative estimate of drug-likeness (QED) is 0.312. The van der Waals surface area contributed by atoms with Crippen molar-refractivity contribution in [3.8, 4) is 22.5 Å². The number of hydrogen-bond acceptors (Lipinski definition) is 3. The molecule has 2 aromatic heterocycles. The monoisotopic (exact) mass is 331 g/mol. The molecule has 0 aliphatic heterocycles. The van der Waals surface area contributed by atoms with Gasteiger partial charge in [0.2, 0.25) is 0 Å². The van der Waals surface area contributed by atoms with Gasteiger partial charge in [0.25, 0.3) is 0 Å². The molecule has 0 saturated heterocycles. The van der Waals surface area contributed by atoms with Gasteiger partial charge in [-0.25, -0.2) is 0 Å². The minimum atomic E-state index is 0. The molecule has 0 saturated carbocycles. The van der Waals surface area contributed by atoms with Gasteiger partial charge in [-0.1, -0.05) is 35.4 Å². The zero-order valence-corrected chi connectivity index (χ0v) is 12.4. The van der Waals surface area contributed by atoms with E-state index in [0.717, 1.165) is 22.5 Å². The van der Waals surface area contributed by atoms with Crippen LogP contribution < -0.4 is 0 Å². The fourth-order valence-electron chi connectivity index (χ4n) is 1.81. The predicted octanol–water partition coefficient (Wildman–Crippen LogP) is 3.50. The number of pyridine rings is 2. The molecule has 3 rings (SSSR count). The van der Waals surface area contributed by atoms with Gasteiger partial charge < -0.3 is 5.41 Å². The van der Waals surface area contributed by atoms with E-state index in [1.54, 1.807) is 12.4 Å². The van der Waals surface area contributed by atoms with Crippen molar-refractivity contribution in [1.82, 2.24) is 9.97 Å². The topological polar surface area (TPSA) is 65.2 Å². The average Bonchev–Trinajstić information content (AvgIpc) is 2.57. The molecule has 0 aliphatic rings. The second-order valence-corrected chi connectivity index (χ2v) is 4.00. The fourth-order valence-corrected chi connectivity index (χ4v) is 1.81. The number of isocyanates is 1. The van der Waals surface area contributed by atoms with Gasteiger partial charge in [-0.3, -0.25) is 14.8 Å². The zero-order valence-electron chi connectivity index (χ0n) is 11.4. The maximum absolute atomic E-state index is 8.24. The molecular weight excluding hydrogens is 321 g/mol. The minimum absolute atomic E-state index is 0. The Morgan fingerprint density at radius 1 is 0.818 bits per heavy atom. The molecule has 22 heavy (non-hydrogen) atoms. The van der Waals surface area contributed by atoms with Crippen LogP contribution in [0.3, 0.4) is 0 Å². The van der Waals surface area contributed by atoms with Crippen molar-refractivity contribution in [2.24, 2.45) is 0 Å². The number of aromatic nitrogens is 2. The first-order valence-electron chi connectivity index (χ1n) is 6.21. The molecule has 1 aromatic carbocycles. The Labute approximate surface area is 138 Å². The van der Waals surface area contributed by atoms with Crippen LogP contribution >= 0.6 is 0 Å². The van der Waals surface area contributed by atoms with Crippen molar-refractivity contribution in [3.05, 3.63) is 78.5 Å². The third-order valence-electron chi connectivity index (χ3n) is 2.68. The van der Waals surface area contributed by atoms with Crippen molar-refractivity contribution in [3.63, 3.8) is 0 Å². The molecule has 3 aromatic rings. The molecule has 0 radical (unpaired) electrons. The van der Waals surface area contributed by atoms with Crippen LogP contribution in [0.4, 0.5) is 0 Å².